The number of pyridine rings is 1. The van der Waals surface area contributed by atoms with E-state index in [1.807, 2.05) is 0 Å². The van der Waals surface area contributed by atoms with Gasteiger partial charge in [0, 0.05) is 18.0 Å². The van der Waals surface area contributed by atoms with Crippen LogP contribution >= 0.6 is 11.6 Å². The zero-order valence-corrected chi connectivity index (χ0v) is 8.23. The fourth-order valence-electron chi connectivity index (χ4n) is 1.44. The lowest BCUT2D eigenvalue weighted by atomic mass is 9.86. The lowest BCUT2D eigenvalue weighted by Gasteiger charge is -2.01. The summed E-state index contributed by atoms with van der Waals surface area (Å²) < 4.78 is 1.60. The number of nitrogens with zero attached hydrogens (tertiary/aromatic N) is 2. The van der Waals surface area contributed by atoms with E-state index < -0.39 is 7.12 Å². The number of rotatable bonds is 1. The molecule has 2 aromatic rings. The van der Waals surface area contributed by atoms with Gasteiger partial charge in [-0.2, -0.15) is 0 Å². The Hall–Kier alpha value is -1.04. The summed E-state index contributed by atoms with van der Waals surface area (Å²) in [4.78, 5) is 4.08. The summed E-state index contributed by atoms with van der Waals surface area (Å²) in [5, 5.41) is 19.3. The van der Waals surface area contributed by atoms with Crippen molar-refractivity contribution in [3.05, 3.63) is 23.4 Å². The van der Waals surface area contributed by atoms with Crippen LogP contribution in [0.4, 0.5) is 0 Å². The van der Waals surface area contributed by atoms with Crippen LogP contribution in [0.3, 0.4) is 0 Å². The van der Waals surface area contributed by atoms with Gasteiger partial charge < -0.3 is 14.6 Å². The standard InChI is InChI=1S/C8H8BClN2O2/c1-12-6(9(13)14)4-5-2-3-7(10)11-8(5)12/h2-4,13-14H,1H3. The molecule has 0 aliphatic heterocycles. The highest BCUT2D eigenvalue weighted by Crippen LogP contribution is 2.14. The maximum absolute atomic E-state index is 9.05. The Morgan fingerprint density at radius 3 is 2.79 bits per heavy atom. The fraction of sp³-hybridized carbons (Fsp3) is 0.125. The van der Waals surface area contributed by atoms with E-state index in [-0.39, 0.29) is 0 Å². The van der Waals surface area contributed by atoms with Gasteiger partial charge in [-0.15, -0.1) is 0 Å². The molecule has 6 heteroatoms. The summed E-state index contributed by atoms with van der Waals surface area (Å²) in [7, 11) is 0.216. The van der Waals surface area contributed by atoms with Crippen LogP contribution in [0.1, 0.15) is 0 Å². The van der Waals surface area contributed by atoms with Crippen LogP contribution in [0.5, 0.6) is 0 Å². The number of aromatic nitrogens is 2. The van der Waals surface area contributed by atoms with Gasteiger partial charge in [0.1, 0.15) is 10.8 Å². The minimum Gasteiger partial charge on any atom is -0.422 e. The molecule has 72 valence electrons. The SMILES string of the molecule is Cn1c(B(O)O)cc2ccc(Cl)nc21. The van der Waals surface area contributed by atoms with Gasteiger partial charge in [-0.3, -0.25) is 0 Å². The maximum atomic E-state index is 9.05. The Morgan fingerprint density at radius 1 is 1.43 bits per heavy atom. The number of aryl methyl sites for hydroxylation is 1. The lowest BCUT2D eigenvalue weighted by molar-refractivity contribution is 0.423. The highest BCUT2D eigenvalue weighted by molar-refractivity contribution is 6.58. The van der Waals surface area contributed by atoms with Crippen LogP contribution in [-0.2, 0) is 7.05 Å². The normalized spacial score (nSPS) is 10.9. The molecule has 0 bridgehead atoms. The minimum atomic E-state index is -1.49. The molecule has 0 amide bonds. The minimum absolute atomic E-state index is 0.387. The Labute approximate surface area is 85.9 Å². The van der Waals surface area contributed by atoms with Gasteiger partial charge in [0.15, 0.2) is 0 Å². The molecule has 0 aromatic carbocycles. The summed E-state index contributed by atoms with van der Waals surface area (Å²) in [5.74, 6) is 0. The van der Waals surface area contributed by atoms with Crippen LogP contribution < -0.4 is 5.59 Å². The molecule has 0 atom stereocenters. The zero-order valence-electron chi connectivity index (χ0n) is 7.48. The van der Waals surface area contributed by atoms with Crippen molar-refractivity contribution in [1.29, 1.82) is 0 Å². The molecule has 4 nitrogen and oxygen atoms in total. The Kier molecular flexibility index (Phi) is 2.22. The van der Waals surface area contributed by atoms with Crippen LogP contribution in [0, 0.1) is 0 Å². The molecule has 0 saturated heterocycles. The van der Waals surface area contributed by atoms with E-state index in [2.05, 4.69) is 4.98 Å². The molecule has 0 fully saturated rings. The smallest absolute Gasteiger partial charge is 0.422 e. The summed E-state index contributed by atoms with van der Waals surface area (Å²) in [5.41, 5.74) is 1.04. The number of halogens is 1. The second-order valence-corrected chi connectivity index (χ2v) is 3.44. The Morgan fingerprint density at radius 2 is 2.14 bits per heavy atom. The number of hydrogen-bond donors (Lipinski definition) is 2. The van der Waals surface area contributed by atoms with E-state index >= 15 is 0 Å². The molecule has 2 heterocycles. The lowest BCUT2D eigenvalue weighted by Crippen LogP contribution is -2.34. The molecule has 2 aromatic heterocycles. The van der Waals surface area contributed by atoms with E-state index in [4.69, 9.17) is 21.6 Å². The summed E-state index contributed by atoms with van der Waals surface area (Å²) in [6.07, 6.45) is 0. The molecule has 0 aliphatic rings. The van der Waals surface area contributed by atoms with Crippen LogP contribution in [0.2, 0.25) is 5.15 Å². The van der Waals surface area contributed by atoms with E-state index in [1.165, 1.54) is 0 Å². The van der Waals surface area contributed by atoms with E-state index in [1.54, 1.807) is 29.8 Å². The van der Waals surface area contributed by atoms with Crippen LogP contribution in [0.15, 0.2) is 18.2 Å². The first-order chi connectivity index (χ1) is 6.59. The van der Waals surface area contributed by atoms with Gasteiger partial charge in [-0.05, 0) is 18.2 Å². The number of fused-ring (bicyclic) bond motifs is 1. The van der Waals surface area contributed by atoms with Crippen molar-refractivity contribution in [3.8, 4) is 0 Å². The predicted molar refractivity (Wildman–Crippen MR) is 55.5 cm³/mol. The first-order valence-corrected chi connectivity index (χ1v) is 4.45. The average molecular weight is 210 g/mol. The molecule has 0 spiro atoms. The van der Waals surface area contributed by atoms with Gasteiger partial charge in [0.2, 0.25) is 0 Å². The first-order valence-electron chi connectivity index (χ1n) is 4.07. The van der Waals surface area contributed by atoms with E-state index in [9.17, 15) is 0 Å². The molecule has 2 rings (SSSR count). The van der Waals surface area contributed by atoms with Gasteiger partial charge in [-0.1, -0.05) is 11.6 Å². The van der Waals surface area contributed by atoms with E-state index in [0.717, 1.165) is 5.39 Å². The maximum Gasteiger partial charge on any atom is 0.506 e. The highest BCUT2D eigenvalue weighted by Gasteiger charge is 2.17. The first kappa shape index (κ1) is 9.52. The second-order valence-electron chi connectivity index (χ2n) is 3.05. The third-order valence-corrected chi connectivity index (χ3v) is 2.35. The van der Waals surface area contributed by atoms with Gasteiger partial charge in [-0.25, -0.2) is 4.98 Å². The Bertz CT molecular complexity index is 483. The van der Waals surface area contributed by atoms with Gasteiger partial charge in [0.05, 0.1) is 0 Å². The molecule has 0 unspecified atom stereocenters. The van der Waals surface area contributed by atoms with Gasteiger partial charge >= 0.3 is 7.12 Å². The van der Waals surface area contributed by atoms with Crippen molar-refractivity contribution in [1.82, 2.24) is 9.55 Å². The topological polar surface area (TPSA) is 58.3 Å². The summed E-state index contributed by atoms with van der Waals surface area (Å²) >= 11 is 5.73. The van der Waals surface area contributed by atoms with Crippen LogP contribution in [0.25, 0.3) is 11.0 Å². The van der Waals surface area contributed by atoms with Crippen molar-refractivity contribution >= 4 is 35.3 Å². The molecule has 2 N–H and O–H groups in total. The molecule has 0 aliphatic carbocycles. The van der Waals surface area contributed by atoms with E-state index in [0.29, 0.717) is 16.4 Å². The van der Waals surface area contributed by atoms with Crippen molar-refractivity contribution < 1.29 is 10.0 Å². The van der Waals surface area contributed by atoms with Crippen molar-refractivity contribution in [2.45, 2.75) is 0 Å². The molecule has 0 saturated carbocycles. The molecular formula is C8H8BClN2O2. The largest absolute Gasteiger partial charge is 0.506 e. The van der Waals surface area contributed by atoms with Gasteiger partial charge in [0.25, 0.3) is 0 Å². The second kappa shape index (κ2) is 3.27. The quantitative estimate of drug-likeness (QED) is 0.511. The summed E-state index contributed by atoms with van der Waals surface area (Å²) in [6, 6.07) is 5.12. The average Bonchev–Trinajstić information content (AvgIpc) is 2.44. The third-order valence-electron chi connectivity index (χ3n) is 2.14. The monoisotopic (exact) mass is 210 g/mol. The van der Waals surface area contributed by atoms with Crippen molar-refractivity contribution in [2.24, 2.45) is 7.05 Å². The fourth-order valence-corrected chi connectivity index (χ4v) is 1.59. The molecule has 0 radical (unpaired) electrons. The van der Waals surface area contributed by atoms with Crippen molar-refractivity contribution in [3.63, 3.8) is 0 Å². The Balaban J connectivity index is 2.74. The molecular weight excluding hydrogens is 202 g/mol. The third kappa shape index (κ3) is 1.39. The number of hydrogen-bond acceptors (Lipinski definition) is 3. The molecule has 14 heavy (non-hydrogen) atoms. The van der Waals surface area contributed by atoms with Crippen LogP contribution in [-0.4, -0.2) is 26.7 Å². The summed E-state index contributed by atoms with van der Waals surface area (Å²) in [6.45, 7) is 0. The predicted octanol–water partition coefficient (Wildman–Crippen LogP) is -0.0935. The zero-order chi connectivity index (χ0) is 10.3. The highest BCUT2D eigenvalue weighted by atomic mass is 35.5. The van der Waals surface area contributed by atoms with Crippen molar-refractivity contribution in [2.75, 3.05) is 0 Å².